The first-order chi connectivity index (χ1) is 13.8. The van der Waals surface area contributed by atoms with E-state index >= 15 is 0 Å². The fourth-order valence-electron chi connectivity index (χ4n) is 2.41. The van der Waals surface area contributed by atoms with Crippen LogP contribution in [0, 0.1) is 0 Å². The summed E-state index contributed by atoms with van der Waals surface area (Å²) >= 11 is 23.6. The number of carbonyl (C=O) groups excluding carboxylic acids is 2. The first-order valence-corrected chi connectivity index (χ1v) is 10.3. The van der Waals surface area contributed by atoms with Gasteiger partial charge >= 0.3 is 12.1 Å². The van der Waals surface area contributed by atoms with E-state index in [4.69, 9.17) is 46.4 Å². The zero-order valence-electron chi connectivity index (χ0n) is 15.5. The van der Waals surface area contributed by atoms with E-state index in [-0.39, 0.29) is 18.1 Å². The summed E-state index contributed by atoms with van der Waals surface area (Å²) in [6.07, 6.45) is 1.25. The standard InChI is InChI=1S/C19H20Cl4N4O2/c1-2-11(25-19(29)27-13-4-6-15(21)17(23)10-13)7-8-24-18(28)26-12-3-5-14(20)16(22)9-12/h3-6,9-11H,2,7-8H2,1H3,(H2,24,26,28)(H2,25,27,29). The van der Waals surface area contributed by atoms with Crippen molar-refractivity contribution in [2.45, 2.75) is 25.8 Å². The van der Waals surface area contributed by atoms with Crippen LogP contribution in [0.4, 0.5) is 21.0 Å². The second-order valence-corrected chi connectivity index (χ2v) is 7.76. The van der Waals surface area contributed by atoms with Gasteiger partial charge in [0, 0.05) is 24.0 Å². The van der Waals surface area contributed by atoms with Gasteiger partial charge in [-0.25, -0.2) is 9.59 Å². The Labute approximate surface area is 189 Å². The normalized spacial score (nSPS) is 11.5. The third-order valence-electron chi connectivity index (χ3n) is 3.96. The maximum absolute atomic E-state index is 12.2. The number of urea groups is 2. The van der Waals surface area contributed by atoms with E-state index < -0.39 is 0 Å². The Morgan fingerprint density at radius 1 is 0.828 bits per heavy atom. The number of hydrogen-bond donors (Lipinski definition) is 4. The average Bonchev–Trinajstić information content (AvgIpc) is 2.67. The first-order valence-electron chi connectivity index (χ1n) is 8.81. The number of benzene rings is 2. The predicted molar refractivity (Wildman–Crippen MR) is 121 cm³/mol. The fourth-order valence-corrected chi connectivity index (χ4v) is 3.01. The lowest BCUT2D eigenvalue weighted by Crippen LogP contribution is -2.40. The van der Waals surface area contributed by atoms with Crippen molar-refractivity contribution in [2.75, 3.05) is 17.2 Å². The molecule has 2 rings (SSSR count). The minimum absolute atomic E-state index is 0.122. The summed E-state index contributed by atoms with van der Waals surface area (Å²) in [5.74, 6) is 0. The highest BCUT2D eigenvalue weighted by Gasteiger charge is 2.12. The van der Waals surface area contributed by atoms with E-state index in [1.54, 1.807) is 36.4 Å². The molecule has 0 spiro atoms. The molecule has 0 bridgehead atoms. The summed E-state index contributed by atoms with van der Waals surface area (Å²) in [6, 6.07) is 8.78. The van der Waals surface area contributed by atoms with E-state index in [9.17, 15) is 9.59 Å². The molecule has 2 aromatic rings. The Bertz CT molecular complexity index is 879. The SMILES string of the molecule is CCC(CCNC(=O)Nc1ccc(Cl)c(Cl)c1)NC(=O)Nc1ccc(Cl)c(Cl)c1. The molecule has 0 fully saturated rings. The molecule has 1 unspecified atom stereocenters. The van der Waals surface area contributed by atoms with Crippen LogP contribution in [-0.2, 0) is 0 Å². The molecule has 0 saturated heterocycles. The lowest BCUT2D eigenvalue weighted by Gasteiger charge is -2.18. The predicted octanol–water partition coefficient (Wildman–Crippen LogP) is 6.41. The van der Waals surface area contributed by atoms with Gasteiger partial charge in [-0.3, -0.25) is 0 Å². The molecular weight excluding hydrogens is 458 g/mol. The molecule has 0 aromatic heterocycles. The third kappa shape index (κ3) is 7.82. The number of halogens is 4. The van der Waals surface area contributed by atoms with Crippen LogP contribution in [0.2, 0.25) is 20.1 Å². The van der Waals surface area contributed by atoms with Crippen molar-refractivity contribution >= 4 is 69.8 Å². The molecule has 4 N–H and O–H groups in total. The lowest BCUT2D eigenvalue weighted by atomic mass is 10.1. The number of nitrogens with one attached hydrogen (secondary N) is 4. The van der Waals surface area contributed by atoms with Crippen LogP contribution in [0.15, 0.2) is 36.4 Å². The van der Waals surface area contributed by atoms with Crippen molar-refractivity contribution in [3.63, 3.8) is 0 Å². The minimum atomic E-state index is -0.376. The molecule has 2 aromatic carbocycles. The smallest absolute Gasteiger partial charge is 0.319 e. The van der Waals surface area contributed by atoms with Crippen LogP contribution in [0.25, 0.3) is 0 Å². The molecule has 4 amide bonds. The van der Waals surface area contributed by atoms with E-state index in [2.05, 4.69) is 21.3 Å². The van der Waals surface area contributed by atoms with E-state index in [1.807, 2.05) is 6.92 Å². The first kappa shape index (κ1) is 23.4. The number of anilines is 2. The number of hydrogen-bond acceptors (Lipinski definition) is 2. The monoisotopic (exact) mass is 476 g/mol. The third-order valence-corrected chi connectivity index (χ3v) is 5.44. The Morgan fingerprint density at radius 2 is 1.34 bits per heavy atom. The molecule has 6 nitrogen and oxygen atoms in total. The maximum atomic E-state index is 12.2. The zero-order valence-corrected chi connectivity index (χ0v) is 18.5. The molecule has 0 radical (unpaired) electrons. The molecular formula is C19H20Cl4N4O2. The highest BCUT2D eigenvalue weighted by Crippen LogP contribution is 2.25. The summed E-state index contributed by atoms with van der Waals surface area (Å²) in [5.41, 5.74) is 1.06. The van der Waals surface area contributed by atoms with Crippen molar-refractivity contribution in [2.24, 2.45) is 0 Å². The molecule has 10 heteroatoms. The van der Waals surface area contributed by atoms with Gasteiger partial charge in [0.1, 0.15) is 0 Å². The minimum Gasteiger partial charge on any atom is -0.338 e. The summed E-state index contributed by atoms with van der Waals surface area (Å²) < 4.78 is 0. The Kier molecular flexibility index (Phi) is 9.17. The van der Waals surface area contributed by atoms with Crippen molar-refractivity contribution in [1.82, 2.24) is 10.6 Å². The Hall–Kier alpha value is -1.86. The highest BCUT2D eigenvalue weighted by atomic mass is 35.5. The van der Waals surface area contributed by atoms with Crippen molar-refractivity contribution < 1.29 is 9.59 Å². The fraction of sp³-hybridized carbons (Fsp3) is 0.263. The van der Waals surface area contributed by atoms with Crippen molar-refractivity contribution in [1.29, 1.82) is 0 Å². The highest BCUT2D eigenvalue weighted by molar-refractivity contribution is 6.42. The second kappa shape index (κ2) is 11.4. The number of amides is 4. The summed E-state index contributed by atoms with van der Waals surface area (Å²) in [6.45, 7) is 2.32. The van der Waals surface area contributed by atoms with Crippen LogP contribution < -0.4 is 21.3 Å². The van der Waals surface area contributed by atoms with Gasteiger partial charge in [0.2, 0.25) is 0 Å². The van der Waals surface area contributed by atoms with Gasteiger partial charge in [-0.15, -0.1) is 0 Å². The van der Waals surface area contributed by atoms with Gasteiger partial charge in [0.15, 0.2) is 0 Å². The molecule has 0 heterocycles. The van der Waals surface area contributed by atoms with E-state index in [1.165, 1.54) is 0 Å². The van der Waals surface area contributed by atoms with E-state index in [0.29, 0.717) is 50.9 Å². The van der Waals surface area contributed by atoms with Crippen LogP contribution in [0.5, 0.6) is 0 Å². The largest absolute Gasteiger partial charge is 0.338 e. The second-order valence-electron chi connectivity index (χ2n) is 6.13. The molecule has 0 aliphatic rings. The molecule has 0 aliphatic heterocycles. The summed E-state index contributed by atoms with van der Waals surface area (Å²) in [7, 11) is 0. The topological polar surface area (TPSA) is 82.3 Å². The quantitative estimate of drug-likeness (QED) is 0.371. The van der Waals surface area contributed by atoms with Crippen LogP contribution in [0.3, 0.4) is 0 Å². The molecule has 156 valence electrons. The maximum Gasteiger partial charge on any atom is 0.319 e. The molecule has 29 heavy (non-hydrogen) atoms. The van der Waals surface area contributed by atoms with Gasteiger partial charge in [0.25, 0.3) is 0 Å². The summed E-state index contributed by atoms with van der Waals surface area (Å²) in [5, 5.41) is 12.5. The van der Waals surface area contributed by atoms with E-state index in [0.717, 1.165) is 0 Å². The number of rotatable bonds is 7. The Morgan fingerprint density at radius 3 is 1.83 bits per heavy atom. The van der Waals surface area contributed by atoms with Crippen molar-refractivity contribution in [3.05, 3.63) is 56.5 Å². The molecule has 0 saturated carbocycles. The van der Waals surface area contributed by atoms with Gasteiger partial charge in [-0.05, 0) is 49.2 Å². The molecule has 0 aliphatic carbocycles. The van der Waals surface area contributed by atoms with Crippen LogP contribution in [-0.4, -0.2) is 24.6 Å². The zero-order chi connectivity index (χ0) is 21.4. The van der Waals surface area contributed by atoms with Gasteiger partial charge in [-0.1, -0.05) is 53.3 Å². The van der Waals surface area contributed by atoms with Crippen molar-refractivity contribution in [3.8, 4) is 0 Å². The van der Waals surface area contributed by atoms with Gasteiger partial charge < -0.3 is 21.3 Å². The number of carbonyl (C=O) groups is 2. The van der Waals surface area contributed by atoms with Crippen LogP contribution in [0.1, 0.15) is 19.8 Å². The lowest BCUT2D eigenvalue weighted by molar-refractivity contribution is 0.246. The molecule has 1 atom stereocenters. The van der Waals surface area contributed by atoms with Gasteiger partial charge in [-0.2, -0.15) is 0 Å². The Balaban J connectivity index is 1.75. The van der Waals surface area contributed by atoms with Gasteiger partial charge in [0.05, 0.1) is 20.1 Å². The average molecular weight is 478 g/mol. The summed E-state index contributed by atoms with van der Waals surface area (Å²) in [4.78, 5) is 24.1. The van der Waals surface area contributed by atoms with Crippen LogP contribution >= 0.6 is 46.4 Å².